The molecule has 0 saturated carbocycles. The van der Waals surface area contributed by atoms with Crippen LogP contribution in [-0.4, -0.2) is 23.9 Å². The van der Waals surface area contributed by atoms with Crippen LogP contribution in [0, 0.1) is 6.92 Å². The fraction of sp³-hybridized carbons (Fsp3) is 0.227. The number of thiazole rings is 1. The van der Waals surface area contributed by atoms with E-state index in [4.69, 9.17) is 4.74 Å². The van der Waals surface area contributed by atoms with Crippen LogP contribution in [0.15, 0.2) is 48.5 Å². The van der Waals surface area contributed by atoms with E-state index in [0.29, 0.717) is 28.6 Å². The summed E-state index contributed by atoms with van der Waals surface area (Å²) in [6.07, 6.45) is 1.48. The molecule has 0 spiro atoms. The summed E-state index contributed by atoms with van der Waals surface area (Å²) in [4.78, 5) is 30.8. The van der Waals surface area contributed by atoms with Crippen LogP contribution in [0.1, 0.15) is 38.8 Å². The third-order valence-corrected chi connectivity index (χ3v) is 5.95. The number of nitrogens with zero attached hydrogens (tertiary/aromatic N) is 1. The first kappa shape index (κ1) is 19.1. The second-order valence-electron chi connectivity index (χ2n) is 6.93. The molecule has 4 rings (SSSR count). The van der Waals surface area contributed by atoms with E-state index in [9.17, 15) is 9.59 Å². The van der Waals surface area contributed by atoms with Crippen molar-refractivity contribution in [2.45, 2.75) is 25.7 Å². The first-order chi connectivity index (χ1) is 14.0. The van der Waals surface area contributed by atoms with E-state index in [0.717, 1.165) is 22.6 Å². The first-order valence-corrected chi connectivity index (χ1v) is 10.2. The van der Waals surface area contributed by atoms with Crippen LogP contribution in [0.4, 0.5) is 10.8 Å². The van der Waals surface area contributed by atoms with Crippen LogP contribution in [-0.2, 0) is 11.2 Å². The molecule has 1 aliphatic rings. The molecule has 2 N–H and O–H groups in total. The molecule has 0 saturated heterocycles. The van der Waals surface area contributed by atoms with Gasteiger partial charge in [-0.25, -0.2) is 4.98 Å². The van der Waals surface area contributed by atoms with Gasteiger partial charge in [-0.05, 0) is 49.6 Å². The van der Waals surface area contributed by atoms with Crippen molar-refractivity contribution in [2.24, 2.45) is 0 Å². The molecule has 2 amide bonds. The number of hydrogen-bond donors (Lipinski definition) is 2. The van der Waals surface area contributed by atoms with E-state index in [2.05, 4.69) is 15.6 Å². The molecule has 1 aromatic heterocycles. The van der Waals surface area contributed by atoms with Gasteiger partial charge in [0, 0.05) is 10.4 Å². The number of nitrogens with one attached hydrogen (secondary N) is 2. The van der Waals surface area contributed by atoms with Crippen molar-refractivity contribution >= 4 is 34.0 Å². The Kier molecular flexibility index (Phi) is 5.31. The molecule has 0 fully saturated rings. The predicted octanol–water partition coefficient (Wildman–Crippen LogP) is 4.38. The SMILES string of the molecule is COc1cc(C)ccc1NC(=O)C1CCc2sc(NC(=O)c3ccccc3)nc21. The highest BCUT2D eigenvalue weighted by molar-refractivity contribution is 7.16. The van der Waals surface area contributed by atoms with E-state index in [1.165, 1.54) is 11.3 Å². The molecule has 1 atom stereocenters. The number of aromatic nitrogens is 1. The van der Waals surface area contributed by atoms with E-state index in [1.54, 1.807) is 19.2 Å². The second-order valence-corrected chi connectivity index (χ2v) is 8.02. The van der Waals surface area contributed by atoms with Gasteiger partial charge < -0.3 is 10.1 Å². The minimum atomic E-state index is -0.338. The Morgan fingerprint density at radius 2 is 1.93 bits per heavy atom. The Bertz CT molecular complexity index is 1060. The van der Waals surface area contributed by atoms with Crippen LogP contribution in [0.3, 0.4) is 0 Å². The summed E-state index contributed by atoms with van der Waals surface area (Å²) in [5.41, 5.74) is 3.02. The molecular formula is C22H21N3O3S. The topological polar surface area (TPSA) is 80.3 Å². The van der Waals surface area contributed by atoms with Gasteiger partial charge in [0.1, 0.15) is 5.75 Å². The average molecular weight is 407 g/mol. The minimum Gasteiger partial charge on any atom is -0.495 e. The van der Waals surface area contributed by atoms with Crippen molar-refractivity contribution in [3.8, 4) is 5.75 Å². The van der Waals surface area contributed by atoms with E-state index < -0.39 is 0 Å². The molecule has 0 bridgehead atoms. The highest BCUT2D eigenvalue weighted by Crippen LogP contribution is 2.39. The monoisotopic (exact) mass is 407 g/mol. The van der Waals surface area contributed by atoms with Crippen LogP contribution in [0.5, 0.6) is 5.75 Å². The Labute approximate surface area is 172 Å². The molecule has 29 heavy (non-hydrogen) atoms. The highest BCUT2D eigenvalue weighted by Gasteiger charge is 2.33. The Morgan fingerprint density at radius 1 is 1.14 bits per heavy atom. The van der Waals surface area contributed by atoms with Gasteiger partial charge in [0.2, 0.25) is 5.91 Å². The summed E-state index contributed by atoms with van der Waals surface area (Å²) < 4.78 is 5.37. The number of benzene rings is 2. The van der Waals surface area contributed by atoms with Gasteiger partial charge in [-0.15, -0.1) is 11.3 Å². The number of ether oxygens (including phenoxy) is 1. The number of fused-ring (bicyclic) bond motifs is 1. The van der Waals surface area contributed by atoms with Crippen molar-refractivity contribution < 1.29 is 14.3 Å². The Morgan fingerprint density at radius 3 is 2.69 bits per heavy atom. The Hall–Kier alpha value is -3.19. The summed E-state index contributed by atoms with van der Waals surface area (Å²) in [5.74, 6) is -0.0270. The zero-order valence-electron chi connectivity index (χ0n) is 16.2. The minimum absolute atomic E-state index is 0.114. The molecule has 0 radical (unpaired) electrons. The van der Waals surface area contributed by atoms with Gasteiger partial charge >= 0.3 is 0 Å². The van der Waals surface area contributed by atoms with Crippen molar-refractivity contribution in [1.82, 2.24) is 4.98 Å². The van der Waals surface area contributed by atoms with Gasteiger partial charge in [-0.2, -0.15) is 0 Å². The number of anilines is 2. The largest absolute Gasteiger partial charge is 0.495 e. The second kappa shape index (κ2) is 8.05. The lowest BCUT2D eigenvalue weighted by atomic mass is 10.1. The molecule has 1 heterocycles. The maximum atomic E-state index is 12.9. The third-order valence-electron chi connectivity index (χ3n) is 4.91. The summed E-state index contributed by atoms with van der Waals surface area (Å²) in [6, 6.07) is 14.7. The Balaban J connectivity index is 1.49. The highest BCUT2D eigenvalue weighted by atomic mass is 32.1. The molecule has 148 valence electrons. The van der Waals surface area contributed by atoms with Crippen molar-refractivity contribution in [2.75, 3.05) is 17.7 Å². The van der Waals surface area contributed by atoms with Gasteiger partial charge in [-0.3, -0.25) is 14.9 Å². The zero-order chi connectivity index (χ0) is 20.4. The van der Waals surface area contributed by atoms with E-state index in [-0.39, 0.29) is 17.7 Å². The van der Waals surface area contributed by atoms with Crippen LogP contribution in [0.2, 0.25) is 0 Å². The normalized spacial score (nSPS) is 14.9. The van der Waals surface area contributed by atoms with Gasteiger partial charge in [0.25, 0.3) is 5.91 Å². The maximum absolute atomic E-state index is 12.9. The summed E-state index contributed by atoms with van der Waals surface area (Å²) in [6.45, 7) is 1.97. The van der Waals surface area contributed by atoms with Crippen LogP contribution in [0.25, 0.3) is 0 Å². The summed E-state index contributed by atoms with van der Waals surface area (Å²) >= 11 is 1.43. The molecule has 1 unspecified atom stereocenters. The van der Waals surface area contributed by atoms with E-state index in [1.807, 2.05) is 43.3 Å². The summed E-state index contributed by atoms with van der Waals surface area (Å²) in [5, 5.41) is 6.32. The van der Waals surface area contributed by atoms with Crippen molar-refractivity contribution in [3.05, 3.63) is 70.2 Å². The maximum Gasteiger partial charge on any atom is 0.257 e. The number of methoxy groups -OCH3 is 1. The van der Waals surface area contributed by atoms with Crippen molar-refractivity contribution in [3.63, 3.8) is 0 Å². The number of rotatable bonds is 5. The molecule has 7 heteroatoms. The number of hydrogen-bond acceptors (Lipinski definition) is 5. The lowest BCUT2D eigenvalue weighted by Gasteiger charge is -2.14. The predicted molar refractivity (Wildman–Crippen MR) is 114 cm³/mol. The number of amides is 2. The number of aryl methyl sites for hydroxylation is 2. The lowest BCUT2D eigenvalue weighted by molar-refractivity contribution is -0.117. The molecule has 2 aromatic carbocycles. The van der Waals surface area contributed by atoms with Gasteiger partial charge in [-0.1, -0.05) is 24.3 Å². The molecule has 0 aliphatic heterocycles. The molecule has 1 aliphatic carbocycles. The van der Waals surface area contributed by atoms with Gasteiger partial charge in [0.15, 0.2) is 5.13 Å². The van der Waals surface area contributed by atoms with Crippen LogP contribution < -0.4 is 15.4 Å². The number of carbonyl (C=O) groups excluding carboxylic acids is 2. The van der Waals surface area contributed by atoms with Gasteiger partial charge in [0.05, 0.1) is 24.4 Å². The third kappa shape index (κ3) is 4.00. The quantitative estimate of drug-likeness (QED) is 0.658. The van der Waals surface area contributed by atoms with Crippen LogP contribution >= 0.6 is 11.3 Å². The lowest BCUT2D eigenvalue weighted by Crippen LogP contribution is -2.20. The smallest absolute Gasteiger partial charge is 0.257 e. The molecule has 3 aromatic rings. The fourth-order valence-corrected chi connectivity index (χ4v) is 4.45. The fourth-order valence-electron chi connectivity index (χ4n) is 3.42. The number of carbonyl (C=O) groups is 2. The van der Waals surface area contributed by atoms with E-state index >= 15 is 0 Å². The molecule has 6 nitrogen and oxygen atoms in total. The average Bonchev–Trinajstić information content (AvgIpc) is 3.30. The zero-order valence-corrected chi connectivity index (χ0v) is 17.0. The first-order valence-electron chi connectivity index (χ1n) is 9.36. The van der Waals surface area contributed by atoms with Crippen molar-refractivity contribution in [1.29, 1.82) is 0 Å². The molecular weight excluding hydrogens is 386 g/mol. The standard InChI is InChI=1S/C22H21N3O3S/c1-13-8-10-16(17(12-13)28-2)23-21(27)15-9-11-18-19(15)24-22(29-18)25-20(26)14-6-4-3-5-7-14/h3-8,10,12,15H,9,11H2,1-2H3,(H,23,27)(H,24,25,26). The summed E-state index contributed by atoms with van der Waals surface area (Å²) in [7, 11) is 1.58.